The minimum Gasteiger partial charge on any atom is -0.369 e. The van der Waals surface area contributed by atoms with E-state index in [9.17, 15) is 10.1 Å². The normalized spacial score (nSPS) is 16.4. The summed E-state index contributed by atoms with van der Waals surface area (Å²) in [5, 5.41) is 13.6. The number of hydrogen-bond acceptors (Lipinski definition) is 6. The molecule has 1 saturated heterocycles. The van der Waals surface area contributed by atoms with Crippen LogP contribution in [0, 0.1) is 10.1 Å². The van der Waals surface area contributed by atoms with Crippen LogP contribution in [-0.2, 0) is 0 Å². The fraction of sp³-hybridized carbons (Fsp3) is 0.545. The van der Waals surface area contributed by atoms with E-state index in [2.05, 4.69) is 15.2 Å². The van der Waals surface area contributed by atoms with Gasteiger partial charge in [0, 0.05) is 43.8 Å². The molecule has 1 N–H and O–H groups in total. The minimum atomic E-state index is -0.442. The van der Waals surface area contributed by atoms with E-state index in [0.29, 0.717) is 5.82 Å². The largest absolute Gasteiger partial charge is 0.369 e. The Balaban J connectivity index is 1.74. The number of nitrogens with one attached hydrogen (secondary N) is 1. The molecule has 0 radical (unpaired) electrons. The summed E-state index contributed by atoms with van der Waals surface area (Å²) in [4.78, 5) is 16.4. The van der Waals surface area contributed by atoms with Gasteiger partial charge in [0.1, 0.15) is 12.0 Å². The first-order chi connectivity index (χ1) is 8.75. The predicted molar refractivity (Wildman–Crippen MR) is 73.1 cm³/mol. The van der Waals surface area contributed by atoms with Gasteiger partial charge in [-0.05, 0) is 6.07 Å². The number of hydrogen-bond donors (Lipinski definition) is 1. The van der Waals surface area contributed by atoms with Crippen LogP contribution in [0.4, 0.5) is 11.5 Å². The summed E-state index contributed by atoms with van der Waals surface area (Å²) in [7, 11) is 0. The topological polar surface area (TPSA) is 71.3 Å². The molecular weight excluding hydrogens is 252 g/mol. The summed E-state index contributed by atoms with van der Waals surface area (Å²) >= 11 is 1.99. The molecule has 0 spiro atoms. The molecule has 2 rings (SSSR count). The molecule has 0 aliphatic carbocycles. The quantitative estimate of drug-likeness (QED) is 0.644. The van der Waals surface area contributed by atoms with E-state index in [-0.39, 0.29) is 5.69 Å². The van der Waals surface area contributed by atoms with Crippen LogP contribution in [0.2, 0.25) is 0 Å². The van der Waals surface area contributed by atoms with Gasteiger partial charge in [-0.2, -0.15) is 11.8 Å². The van der Waals surface area contributed by atoms with Crippen LogP contribution >= 0.6 is 11.8 Å². The number of nitrogens with zero attached hydrogens (tertiary/aromatic N) is 3. The summed E-state index contributed by atoms with van der Waals surface area (Å²) in [6.07, 6.45) is 1.28. The van der Waals surface area contributed by atoms with Gasteiger partial charge in [-0.1, -0.05) is 0 Å². The van der Waals surface area contributed by atoms with E-state index in [1.807, 2.05) is 11.8 Å². The Labute approximate surface area is 110 Å². The van der Waals surface area contributed by atoms with Crippen molar-refractivity contribution >= 4 is 23.3 Å². The molecule has 1 fully saturated rings. The maximum atomic E-state index is 10.5. The lowest BCUT2D eigenvalue weighted by Crippen LogP contribution is -2.36. The van der Waals surface area contributed by atoms with Crippen molar-refractivity contribution < 1.29 is 4.92 Å². The molecule has 2 heterocycles. The molecule has 18 heavy (non-hydrogen) atoms. The Kier molecular flexibility index (Phi) is 4.77. The van der Waals surface area contributed by atoms with Gasteiger partial charge in [-0.3, -0.25) is 15.0 Å². The Bertz CT molecular complexity index is 393. The van der Waals surface area contributed by atoms with Gasteiger partial charge >= 0.3 is 0 Å². The number of aromatic nitrogens is 1. The Morgan fingerprint density at radius 3 is 2.83 bits per heavy atom. The first-order valence-electron chi connectivity index (χ1n) is 5.90. The smallest absolute Gasteiger partial charge is 0.287 e. The van der Waals surface area contributed by atoms with Crippen LogP contribution in [0.15, 0.2) is 18.3 Å². The summed E-state index contributed by atoms with van der Waals surface area (Å²) in [6.45, 7) is 4.08. The van der Waals surface area contributed by atoms with Crippen LogP contribution in [0.25, 0.3) is 0 Å². The predicted octanol–water partition coefficient (Wildman–Crippen LogP) is 1.45. The van der Waals surface area contributed by atoms with Crippen molar-refractivity contribution in [1.29, 1.82) is 0 Å². The lowest BCUT2D eigenvalue weighted by atomic mass is 10.4. The van der Waals surface area contributed by atoms with Crippen molar-refractivity contribution in [3.8, 4) is 0 Å². The van der Waals surface area contributed by atoms with Crippen molar-refractivity contribution in [2.45, 2.75) is 0 Å². The molecule has 0 atom stereocenters. The Morgan fingerprint density at radius 2 is 2.22 bits per heavy atom. The van der Waals surface area contributed by atoms with Crippen LogP contribution in [0.3, 0.4) is 0 Å². The molecule has 1 aromatic heterocycles. The molecule has 1 aliphatic heterocycles. The molecule has 7 heteroatoms. The highest BCUT2D eigenvalue weighted by Gasteiger charge is 2.09. The van der Waals surface area contributed by atoms with Gasteiger partial charge < -0.3 is 5.32 Å². The van der Waals surface area contributed by atoms with Crippen molar-refractivity contribution in [3.63, 3.8) is 0 Å². The summed E-state index contributed by atoms with van der Waals surface area (Å²) in [5.74, 6) is 3.10. The summed E-state index contributed by atoms with van der Waals surface area (Å²) < 4.78 is 0. The Morgan fingerprint density at radius 1 is 1.44 bits per heavy atom. The number of rotatable bonds is 5. The van der Waals surface area contributed by atoms with Crippen molar-refractivity contribution in [3.05, 3.63) is 28.4 Å². The molecular formula is C11H16N4O2S. The zero-order chi connectivity index (χ0) is 12.8. The lowest BCUT2D eigenvalue weighted by molar-refractivity contribution is -0.385. The van der Waals surface area contributed by atoms with Gasteiger partial charge in [0.2, 0.25) is 0 Å². The second-order valence-electron chi connectivity index (χ2n) is 4.04. The summed E-state index contributed by atoms with van der Waals surface area (Å²) in [6, 6.07) is 3.11. The zero-order valence-electron chi connectivity index (χ0n) is 10.0. The van der Waals surface area contributed by atoms with E-state index in [0.717, 1.165) is 26.2 Å². The number of pyridine rings is 1. The van der Waals surface area contributed by atoms with E-state index < -0.39 is 4.92 Å². The second-order valence-corrected chi connectivity index (χ2v) is 5.26. The number of nitro groups is 1. The SMILES string of the molecule is O=[N+]([O-])c1ccc(NCCN2CCSCC2)nc1. The first-order valence-corrected chi connectivity index (χ1v) is 7.05. The average molecular weight is 268 g/mol. The van der Waals surface area contributed by atoms with Crippen LogP contribution < -0.4 is 5.32 Å². The molecule has 6 nitrogen and oxygen atoms in total. The fourth-order valence-corrected chi connectivity index (χ4v) is 2.74. The minimum absolute atomic E-state index is 0.0219. The van der Waals surface area contributed by atoms with Gasteiger partial charge in [0.25, 0.3) is 5.69 Å². The van der Waals surface area contributed by atoms with E-state index in [4.69, 9.17) is 0 Å². The maximum absolute atomic E-state index is 10.5. The number of thioether (sulfide) groups is 1. The third kappa shape index (κ3) is 3.85. The Hall–Kier alpha value is -1.34. The molecule has 1 aliphatic rings. The van der Waals surface area contributed by atoms with Gasteiger partial charge in [-0.15, -0.1) is 0 Å². The maximum Gasteiger partial charge on any atom is 0.287 e. The summed E-state index contributed by atoms with van der Waals surface area (Å²) in [5.41, 5.74) is 0.0219. The molecule has 1 aromatic rings. The molecule has 0 aromatic carbocycles. The average Bonchev–Trinajstić information content (AvgIpc) is 2.40. The van der Waals surface area contributed by atoms with Crippen molar-refractivity contribution in [2.24, 2.45) is 0 Å². The molecule has 0 bridgehead atoms. The van der Waals surface area contributed by atoms with E-state index in [1.54, 1.807) is 6.07 Å². The monoisotopic (exact) mass is 268 g/mol. The fourth-order valence-electron chi connectivity index (χ4n) is 1.77. The van der Waals surface area contributed by atoms with E-state index >= 15 is 0 Å². The third-order valence-corrected chi connectivity index (χ3v) is 3.74. The number of anilines is 1. The van der Waals surface area contributed by atoms with Crippen molar-refractivity contribution in [2.75, 3.05) is 43.0 Å². The van der Waals surface area contributed by atoms with Crippen LogP contribution in [0.1, 0.15) is 0 Å². The standard InChI is InChI=1S/C11H16N4O2S/c16-15(17)10-1-2-11(13-9-10)12-3-4-14-5-7-18-8-6-14/h1-2,9H,3-8H2,(H,12,13). The van der Waals surface area contributed by atoms with E-state index in [1.165, 1.54) is 23.8 Å². The van der Waals surface area contributed by atoms with Crippen molar-refractivity contribution in [1.82, 2.24) is 9.88 Å². The lowest BCUT2D eigenvalue weighted by Gasteiger charge is -2.26. The van der Waals surface area contributed by atoms with Crippen LogP contribution in [-0.4, -0.2) is 52.5 Å². The molecule has 0 unspecified atom stereocenters. The highest BCUT2D eigenvalue weighted by Crippen LogP contribution is 2.12. The third-order valence-electron chi connectivity index (χ3n) is 2.80. The first kappa shape index (κ1) is 13.1. The molecule has 98 valence electrons. The van der Waals surface area contributed by atoms with Gasteiger partial charge in [0.15, 0.2) is 0 Å². The highest BCUT2D eigenvalue weighted by molar-refractivity contribution is 7.99. The highest BCUT2D eigenvalue weighted by atomic mass is 32.2. The second kappa shape index (κ2) is 6.55. The zero-order valence-corrected chi connectivity index (χ0v) is 10.9. The molecule has 0 saturated carbocycles. The van der Waals surface area contributed by atoms with Crippen LogP contribution in [0.5, 0.6) is 0 Å². The molecule has 0 amide bonds. The van der Waals surface area contributed by atoms with Gasteiger partial charge in [-0.25, -0.2) is 4.98 Å². The van der Waals surface area contributed by atoms with Gasteiger partial charge in [0.05, 0.1) is 4.92 Å².